The lowest BCUT2D eigenvalue weighted by molar-refractivity contribution is -0.133. The summed E-state index contributed by atoms with van der Waals surface area (Å²) in [5.41, 5.74) is 1.03. The van der Waals surface area contributed by atoms with Gasteiger partial charge in [0.15, 0.2) is 0 Å². The number of aliphatic hydroxyl groups is 1. The van der Waals surface area contributed by atoms with Crippen LogP contribution in [0.4, 0.5) is 0 Å². The molecule has 1 saturated carbocycles. The van der Waals surface area contributed by atoms with Crippen LogP contribution < -0.4 is 5.32 Å². The lowest BCUT2D eigenvalue weighted by atomic mass is 9.88. The molecule has 27 heavy (non-hydrogen) atoms. The highest BCUT2D eigenvalue weighted by atomic mass is 16.5. The van der Waals surface area contributed by atoms with E-state index in [1.54, 1.807) is 0 Å². The van der Waals surface area contributed by atoms with Crippen LogP contribution in [-0.4, -0.2) is 50.9 Å². The second-order valence-electron chi connectivity index (χ2n) is 8.02. The van der Waals surface area contributed by atoms with E-state index in [2.05, 4.69) is 22.6 Å². The number of aromatic nitrogens is 3. The van der Waals surface area contributed by atoms with Crippen LogP contribution in [0.25, 0.3) is 0 Å². The Morgan fingerprint density at radius 1 is 1.30 bits per heavy atom. The van der Waals surface area contributed by atoms with Crippen LogP contribution in [0, 0.1) is 5.92 Å². The molecule has 152 valence electrons. The number of aryl methyl sites for hydroxylation is 2. The van der Waals surface area contributed by atoms with E-state index in [1.807, 2.05) is 10.9 Å². The number of aliphatic hydroxyl groups excluding tert-OH is 1. The number of nitrogens with zero attached hydrogens (tertiary/aromatic N) is 3. The Labute approximate surface area is 161 Å². The minimum Gasteiger partial charge on any atom is -0.394 e. The first-order valence-corrected chi connectivity index (χ1v) is 10.6. The van der Waals surface area contributed by atoms with Crippen LogP contribution in [-0.2, 0) is 22.5 Å². The first-order chi connectivity index (χ1) is 13.2. The van der Waals surface area contributed by atoms with Crippen molar-refractivity contribution in [3.63, 3.8) is 0 Å². The van der Waals surface area contributed by atoms with Gasteiger partial charge in [0, 0.05) is 18.7 Å². The molecule has 1 aliphatic heterocycles. The van der Waals surface area contributed by atoms with Crippen LogP contribution in [0.3, 0.4) is 0 Å². The van der Waals surface area contributed by atoms with Gasteiger partial charge < -0.3 is 15.2 Å². The maximum atomic E-state index is 12.5. The molecule has 0 unspecified atom stereocenters. The zero-order valence-electron chi connectivity index (χ0n) is 16.5. The highest BCUT2D eigenvalue weighted by molar-refractivity contribution is 5.79. The second-order valence-corrected chi connectivity index (χ2v) is 8.02. The molecular formula is C20H34N4O3. The number of amides is 1. The Morgan fingerprint density at radius 3 is 2.85 bits per heavy atom. The fourth-order valence-corrected chi connectivity index (χ4v) is 4.27. The molecule has 2 fully saturated rings. The third kappa shape index (κ3) is 5.75. The molecule has 1 aromatic heterocycles. The standard InChI is InChI=1S/C20H34N4O3/c1-2-6-16-13-24(23-22-16)12-11-17-9-10-18(19(14-25)27-17)21-20(26)15-7-4-3-5-8-15/h13,15,17-19,25H,2-12,14H2,1H3,(H,21,26)/t17-,18+,19-/m1/s1. The van der Waals surface area contributed by atoms with Gasteiger partial charge in [0.2, 0.25) is 5.91 Å². The minimum absolute atomic E-state index is 0.0594. The number of carbonyl (C=O) groups is 1. The van der Waals surface area contributed by atoms with E-state index in [0.717, 1.165) is 70.0 Å². The van der Waals surface area contributed by atoms with Gasteiger partial charge >= 0.3 is 0 Å². The van der Waals surface area contributed by atoms with Crippen LogP contribution in [0.2, 0.25) is 0 Å². The van der Waals surface area contributed by atoms with Crippen molar-refractivity contribution in [1.29, 1.82) is 0 Å². The van der Waals surface area contributed by atoms with Crippen molar-refractivity contribution in [2.45, 2.75) is 95.9 Å². The first kappa shape index (κ1) is 20.3. The number of hydrogen-bond donors (Lipinski definition) is 2. The summed E-state index contributed by atoms with van der Waals surface area (Å²) in [5.74, 6) is 0.284. The van der Waals surface area contributed by atoms with E-state index in [9.17, 15) is 9.90 Å². The van der Waals surface area contributed by atoms with Crippen molar-refractivity contribution in [3.05, 3.63) is 11.9 Å². The fraction of sp³-hybridized carbons (Fsp3) is 0.850. The Morgan fingerprint density at radius 2 is 2.11 bits per heavy atom. The largest absolute Gasteiger partial charge is 0.394 e. The quantitative estimate of drug-likeness (QED) is 0.724. The minimum atomic E-state index is -0.317. The maximum Gasteiger partial charge on any atom is 0.223 e. The van der Waals surface area contributed by atoms with E-state index in [-0.39, 0.29) is 36.7 Å². The average Bonchev–Trinajstić information content (AvgIpc) is 3.15. The zero-order valence-corrected chi connectivity index (χ0v) is 16.5. The molecule has 0 spiro atoms. The van der Waals surface area contributed by atoms with Gasteiger partial charge in [-0.2, -0.15) is 0 Å². The molecule has 0 radical (unpaired) electrons. The molecule has 1 aromatic rings. The maximum absolute atomic E-state index is 12.5. The van der Waals surface area contributed by atoms with E-state index in [0.29, 0.717) is 0 Å². The molecule has 7 nitrogen and oxygen atoms in total. The lowest BCUT2D eigenvalue weighted by Crippen LogP contribution is -2.52. The van der Waals surface area contributed by atoms with Gasteiger partial charge in [0.1, 0.15) is 6.10 Å². The molecule has 2 heterocycles. The topological polar surface area (TPSA) is 89.3 Å². The van der Waals surface area contributed by atoms with Crippen LogP contribution in [0.1, 0.15) is 70.4 Å². The van der Waals surface area contributed by atoms with Crippen LogP contribution in [0.5, 0.6) is 0 Å². The van der Waals surface area contributed by atoms with Gasteiger partial charge in [0.05, 0.1) is 24.4 Å². The summed E-state index contributed by atoms with van der Waals surface area (Å²) in [6.07, 6.45) is 11.9. The Balaban J connectivity index is 1.44. The van der Waals surface area contributed by atoms with Gasteiger partial charge in [-0.05, 0) is 38.5 Å². The number of carbonyl (C=O) groups excluding carboxylic acids is 1. The van der Waals surface area contributed by atoms with Gasteiger partial charge in [0.25, 0.3) is 0 Å². The van der Waals surface area contributed by atoms with Crippen molar-refractivity contribution in [2.75, 3.05) is 6.61 Å². The molecule has 1 amide bonds. The number of nitrogens with one attached hydrogen (secondary N) is 1. The molecule has 1 aliphatic carbocycles. The summed E-state index contributed by atoms with van der Waals surface area (Å²) in [6.45, 7) is 2.84. The molecular weight excluding hydrogens is 344 g/mol. The van der Waals surface area contributed by atoms with Crippen molar-refractivity contribution in [3.8, 4) is 0 Å². The molecule has 3 rings (SSSR count). The molecule has 3 atom stereocenters. The third-order valence-electron chi connectivity index (χ3n) is 5.87. The van der Waals surface area contributed by atoms with E-state index >= 15 is 0 Å². The molecule has 7 heteroatoms. The van der Waals surface area contributed by atoms with Gasteiger partial charge in [-0.1, -0.05) is 37.8 Å². The van der Waals surface area contributed by atoms with E-state index in [4.69, 9.17) is 4.74 Å². The molecule has 0 bridgehead atoms. The van der Waals surface area contributed by atoms with Crippen molar-refractivity contribution < 1.29 is 14.6 Å². The summed E-state index contributed by atoms with van der Waals surface area (Å²) in [6, 6.07) is -0.0804. The summed E-state index contributed by atoms with van der Waals surface area (Å²) in [4.78, 5) is 12.5. The van der Waals surface area contributed by atoms with Crippen molar-refractivity contribution in [2.24, 2.45) is 5.92 Å². The Hall–Kier alpha value is -1.47. The predicted octanol–water partition coefficient (Wildman–Crippen LogP) is 2.23. The third-order valence-corrected chi connectivity index (χ3v) is 5.87. The van der Waals surface area contributed by atoms with Crippen molar-refractivity contribution >= 4 is 5.91 Å². The number of hydrogen-bond acceptors (Lipinski definition) is 5. The summed E-state index contributed by atoms with van der Waals surface area (Å²) >= 11 is 0. The monoisotopic (exact) mass is 378 g/mol. The first-order valence-electron chi connectivity index (χ1n) is 10.6. The second kappa shape index (κ2) is 10.2. The van der Waals surface area contributed by atoms with Crippen LogP contribution >= 0.6 is 0 Å². The summed E-state index contributed by atoms with van der Waals surface area (Å²) < 4.78 is 7.96. The van der Waals surface area contributed by atoms with E-state index < -0.39 is 0 Å². The Kier molecular flexibility index (Phi) is 7.64. The van der Waals surface area contributed by atoms with Gasteiger partial charge in [-0.25, -0.2) is 0 Å². The smallest absolute Gasteiger partial charge is 0.223 e. The Bertz CT molecular complexity index is 586. The highest BCUT2D eigenvalue weighted by Gasteiger charge is 2.33. The molecule has 2 aliphatic rings. The van der Waals surface area contributed by atoms with Gasteiger partial charge in [-0.15, -0.1) is 5.10 Å². The van der Waals surface area contributed by atoms with E-state index in [1.165, 1.54) is 6.42 Å². The SMILES string of the molecule is CCCc1cn(CC[C@H]2CC[C@H](NC(=O)C3CCCCC3)[C@@H](CO)O2)nn1. The zero-order chi connectivity index (χ0) is 19.1. The predicted molar refractivity (Wildman–Crippen MR) is 102 cm³/mol. The highest BCUT2D eigenvalue weighted by Crippen LogP contribution is 2.26. The molecule has 1 saturated heterocycles. The average molecular weight is 379 g/mol. The number of rotatable bonds is 8. The number of ether oxygens (including phenoxy) is 1. The van der Waals surface area contributed by atoms with Crippen LogP contribution in [0.15, 0.2) is 6.20 Å². The summed E-state index contributed by atoms with van der Waals surface area (Å²) in [7, 11) is 0. The molecule has 0 aromatic carbocycles. The lowest BCUT2D eigenvalue weighted by Gasteiger charge is -2.37. The molecule has 2 N–H and O–H groups in total. The fourth-order valence-electron chi connectivity index (χ4n) is 4.27. The van der Waals surface area contributed by atoms with Gasteiger partial charge in [-0.3, -0.25) is 9.48 Å². The summed E-state index contributed by atoms with van der Waals surface area (Å²) in [5, 5.41) is 21.2. The van der Waals surface area contributed by atoms with Crippen molar-refractivity contribution in [1.82, 2.24) is 20.3 Å². The normalized spacial score (nSPS) is 26.8.